The zero-order chi connectivity index (χ0) is 32.2. The van der Waals surface area contributed by atoms with Gasteiger partial charge in [-0.15, -0.1) is 11.3 Å². The maximum Gasteiger partial charge on any atom is 0.490 e. The Kier molecular flexibility index (Phi) is 10.7. The van der Waals surface area contributed by atoms with Gasteiger partial charge in [-0.25, -0.2) is 14.6 Å². The molecule has 1 saturated heterocycles. The van der Waals surface area contributed by atoms with Crippen LogP contribution in [0.15, 0.2) is 30.7 Å². The second kappa shape index (κ2) is 13.5. The molecule has 17 heteroatoms. The number of aromatic nitrogens is 4. The van der Waals surface area contributed by atoms with E-state index in [0.717, 1.165) is 57.7 Å². The maximum absolute atomic E-state index is 10.6. The summed E-state index contributed by atoms with van der Waals surface area (Å²) in [5, 5.41) is 18.6. The maximum atomic E-state index is 10.6. The van der Waals surface area contributed by atoms with E-state index in [1.807, 2.05) is 29.3 Å². The minimum absolute atomic E-state index is 0.0648. The van der Waals surface area contributed by atoms with Crippen LogP contribution in [0.5, 0.6) is 0 Å². The first-order valence-electron chi connectivity index (χ1n) is 13.2. The Balaban J connectivity index is 0.000000303. The van der Waals surface area contributed by atoms with Gasteiger partial charge < -0.3 is 14.8 Å². The molecule has 2 aliphatic heterocycles. The van der Waals surface area contributed by atoms with Crippen molar-refractivity contribution in [3.63, 3.8) is 0 Å². The highest BCUT2D eigenvalue weighted by Gasteiger charge is 2.46. The number of likely N-dealkylation sites (tertiary alicyclic amines) is 1. The molecule has 0 bridgehead atoms. The molecule has 0 amide bonds. The molecule has 5 heterocycles. The molecule has 3 aromatic heterocycles. The van der Waals surface area contributed by atoms with Crippen LogP contribution in [0.2, 0.25) is 0 Å². The molecule has 0 aromatic carbocycles. The molecule has 0 aliphatic carbocycles. The lowest BCUT2D eigenvalue weighted by Crippen LogP contribution is -2.57. The third kappa shape index (κ3) is 8.35. The minimum atomic E-state index is -5.08. The molecule has 0 atom stereocenters. The highest BCUT2D eigenvalue weighted by Crippen LogP contribution is 2.42. The number of imidazole rings is 1. The van der Waals surface area contributed by atoms with E-state index in [9.17, 15) is 26.3 Å². The van der Waals surface area contributed by atoms with Crippen LogP contribution in [0.4, 0.5) is 26.3 Å². The monoisotopic (exact) mass is 638 g/mol. The van der Waals surface area contributed by atoms with Crippen molar-refractivity contribution >= 4 is 23.3 Å². The molecule has 0 unspecified atom stereocenters. The molecule has 238 valence electrons. The summed E-state index contributed by atoms with van der Waals surface area (Å²) in [6.07, 6.45) is -1.76. The van der Waals surface area contributed by atoms with E-state index in [-0.39, 0.29) is 5.54 Å². The number of rotatable bonds is 4. The largest absolute Gasteiger partial charge is 0.490 e. The van der Waals surface area contributed by atoms with E-state index in [0.29, 0.717) is 0 Å². The number of hydrogen-bond donors (Lipinski definition) is 2. The van der Waals surface area contributed by atoms with Gasteiger partial charge in [0.15, 0.2) is 0 Å². The SMILES string of the molecule is CCN1CCn2c(-c3cnn(C)c3)cnc2C12CCN(Cc1ccc(C)s1)CC2.O=C(O)C(F)(F)F.O=C(O)C(F)(F)F. The van der Waals surface area contributed by atoms with Crippen LogP contribution in [-0.2, 0) is 35.3 Å². The van der Waals surface area contributed by atoms with Crippen molar-refractivity contribution in [1.29, 1.82) is 0 Å². The summed E-state index contributed by atoms with van der Waals surface area (Å²) in [5.74, 6) is -4.25. The number of carboxylic acids is 2. The first-order valence-corrected chi connectivity index (χ1v) is 14.0. The number of carboxylic acid groups (broad SMARTS) is 2. The van der Waals surface area contributed by atoms with Gasteiger partial charge in [0.25, 0.3) is 0 Å². The zero-order valence-corrected chi connectivity index (χ0v) is 24.4. The Morgan fingerprint density at radius 3 is 2.00 bits per heavy atom. The first kappa shape index (κ1) is 34.1. The Hall–Kier alpha value is -3.44. The molecule has 3 aromatic rings. The van der Waals surface area contributed by atoms with Crippen LogP contribution in [0, 0.1) is 6.92 Å². The normalized spacial score (nSPS) is 17.0. The lowest BCUT2D eigenvalue weighted by molar-refractivity contribution is -0.193. The van der Waals surface area contributed by atoms with Gasteiger partial charge in [0.2, 0.25) is 0 Å². The van der Waals surface area contributed by atoms with E-state index in [1.54, 1.807) is 0 Å². The lowest BCUT2D eigenvalue weighted by atomic mass is 9.83. The van der Waals surface area contributed by atoms with Crippen molar-refractivity contribution in [3.8, 4) is 11.3 Å². The van der Waals surface area contributed by atoms with Crippen molar-refractivity contribution in [3.05, 3.63) is 46.3 Å². The molecule has 1 spiro atoms. The Morgan fingerprint density at radius 1 is 0.977 bits per heavy atom. The van der Waals surface area contributed by atoms with Gasteiger partial charge in [-0.2, -0.15) is 31.4 Å². The van der Waals surface area contributed by atoms with Gasteiger partial charge in [0.05, 0.1) is 23.6 Å². The molecule has 43 heavy (non-hydrogen) atoms. The second-order valence-corrected chi connectivity index (χ2v) is 11.4. The minimum Gasteiger partial charge on any atom is -0.475 e. The molecule has 5 rings (SSSR count). The first-order chi connectivity index (χ1) is 20.0. The summed E-state index contributed by atoms with van der Waals surface area (Å²) in [6.45, 7) is 11.0. The second-order valence-electron chi connectivity index (χ2n) is 10.0. The average Bonchev–Trinajstić information content (AvgIpc) is 3.65. The van der Waals surface area contributed by atoms with Crippen molar-refractivity contribution < 1.29 is 46.1 Å². The van der Waals surface area contributed by atoms with Crippen molar-refractivity contribution in [2.24, 2.45) is 7.05 Å². The number of aliphatic carboxylic acids is 2. The topological polar surface area (TPSA) is 117 Å². The highest BCUT2D eigenvalue weighted by atomic mass is 32.1. The fourth-order valence-corrected chi connectivity index (χ4v) is 6.14. The van der Waals surface area contributed by atoms with Gasteiger partial charge in [-0.1, -0.05) is 6.92 Å². The summed E-state index contributed by atoms with van der Waals surface area (Å²) in [6, 6.07) is 4.53. The molecule has 2 aliphatic rings. The molecule has 0 radical (unpaired) electrons. The molecule has 0 saturated carbocycles. The number of piperidine rings is 1. The van der Waals surface area contributed by atoms with Crippen LogP contribution >= 0.6 is 11.3 Å². The number of halogens is 6. The van der Waals surface area contributed by atoms with Crippen molar-refractivity contribution in [2.75, 3.05) is 26.2 Å². The van der Waals surface area contributed by atoms with E-state index in [1.165, 1.54) is 21.3 Å². The molecule has 10 nitrogen and oxygen atoms in total. The summed E-state index contributed by atoms with van der Waals surface area (Å²) in [7, 11) is 1.97. The van der Waals surface area contributed by atoms with Gasteiger partial charge in [0.1, 0.15) is 5.82 Å². The molecular formula is C26H32F6N6O4S. The van der Waals surface area contributed by atoms with Crippen LogP contribution in [0.1, 0.15) is 35.3 Å². The predicted octanol–water partition coefficient (Wildman–Crippen LogP) is 4.75. The number of fused-ring (bicyclic) bond motifs is 2. The van der Waals surface area contributed by atoms with Gasteiger partial charge >= 0.3 is 24.3 Å². The van der Waals surface area contributed by atoms with Gasteiger partial charge in [-0.05, 0) is 38.4 Å². The van der Waals surface area contributed by atoms with E-state index in [2.05, 4.69) is 57.8 Å². The van der Waals surface area contributed by atoms with Crippen LogP contribution in [0.3, 0.4) is 0 Å². The van der Waals surface area contributed by atoms with Crippen LogP contribution in [0.25, 0.3) is 11.3 Å². The van der Waals surface area contributed by atoms with Crippen molar-refractivity contribution in [2.45, 2.75) is 57.7 Å². The number of alkyl halides is 6. The number of likely N-dealkylation sites (N-methyl/N-ethyl adjacent to an activating group) is 1. The number of thiophene rings is 1. The fourth-order valence-electron chi connectivity index (χ4n) is 5.21. The summed E-state index contributed by atoms with van der Waals surface area (Å²) >= 11 is 1.93. The standard InChI is InChI=1S/C22H30N6S.2C2HF3O2/c1-4-27-11-12-28-20(18-13-24-25(3)15-18)14-23-21(28)22(27)7-9-26(10-8-22)16-19-6-5-17(2)29-19;2*3-2(4,5)1(6)7/h5-6,13-15H,4,7-12,16H2,1-3H3;2*(H,6,7). The van der Waals surface area contributed by atoms with Crippen LogP contribution < -0.4 is 0 Å². The molecule has 1 fully saturated rings. The Bertz CT molecular complexity index is 1370. The smallest absolute Gasteiger partial charge is 0.475 e. The third-order valence-corrected chi connectivity index (χ3v) is 8.18. The Morgan fingerprint density at radius 2 is 1.56 bits per heavy atom. The molecular weight excluding hydrogens is 606 g/mol. The molecule has 2 N–H and O–H groups in total. The zero-order valence-electron chi connectivity index (χ0n) is 23.6. The quantitative estimate of drug-likeness (QED) is 0.394. The van der Waals surface area contributed by atoms with E-state index in [4.69, 9.17) is 24.8 Å². The Labute approximate surface area is 247 Å². The number of carbonyl (C=O) groups is 2. The van der Waals surface area contributed by atoms with Gasteiger partial charge in [-0.3, -0.25) is 14.5 Å². The third-order valence-electron chi connectivity index (χ3n) is 7.20. The fraction of sp³-hybridized carbons (Fsp3) is 0.538. The highest BCUT2D eigenvalue weighted by molar-refractivity contribution is 7.11. The number of hydrogen-bond acceptors (Lipinski definition) is 7. The van der Waals surface area contributed by atoms with Crippen LogP contribution in [-0.4, -0.2) is 89.8 Å². The van der Waals surface area contributed by atoms with Crippen molar-refractivity contribution in [1.82, 2.24) is 29.1 Å². The number of nitrogens with zero attached hydrogens (tertiary/aromatic N) is 6. The van der Waals surface area contributed by atoms with E-state index < -0.39 is 24.3 Å². The van der Waals surface area contributed by atoms with Gasteiger partial charge in [0, 0.05) is 61.3 Å². The summed E-state index contributed by atoms with van der Waals surface area (Å²) < 4.78 is 67.8. The van der Waals surface area contributed by atoms with E-state index >= 15 is 0 Å². The number of aryl methyl sites for hydroxylation is 2. The predicted molar refractivity (Wildman–Crippen MR) is 144 cm³/mol. The average molecular weight is 639 g/mol. The summed E-state index contributed by atoms with van der Waals surface area (Å²) in [4.78, 5) is 31.0. The summed E-state index contributed by atoms with van der Waals surface area (Å²) in [5.41, 5.74) is 2.44. The lowest BCUT2D eigenvalue weighted by Gasteiger charge is -2.50.